The second kappa shape index (κ2) is 12.2. The minimum absolute atomic E-state index is 0.0196. The number of hydrogen-bond donors (Lipinski definition) is 0. The second-order valence-electron chi connectivity index (χ2n) is 17.4. The summed E-state index contributed by atoms with van der Waals surface area (Å²) in [6.07, 6.45) is 8.18. The molecule has 49 heavy (non-hydrogen) atoms. The molecule has 5 aromatic rings. The van der Waals surface area contributed by atoms with Crippen LogP contribution in [0.1, 0.15) is 114 Å². The number of fused-ring (bicyclic) bond motifs is 3. The van der Waals surface area contributed by atoms with Crippen molar-refractivity contribution in [3.63, 3.8) is 0 Å². The van der Waals surface area contributed by atoms with E-state index >= 15 is 0 Å². The number of rotatable bonds is 5. The minimum atomic E-state index is -0.0196. The van der Waals surface area contributed by atoms with Crippen molar-refractivity contribution >= 4 is 0 Å². The lowest BCUT2D eigenvalue weighted by atomic mass is 9.73. The first kappa shape index (κ1) is 33.1. The third kappa shape index (κ3) is 6.16. The first-order chi connectivity index (χ1) is 23.2. The molecule has 5 aromatic carbocycles. The van der Waals surface area contributed by atoms with Gasteiger partial charge in [0.2, 0.25) is 0 Å². The van der Waals surface area contributed by atoms with Crippen molar-refractivity contribution in [2.75, 3.05) is 0 Å². The van der Waals surface area contributed by atoms with E-state index in [9.17, 15) is 0 Å². The highest BCUT2D eigenvalue weighted by molar-refractivity contribution is 5.88. The lowest BCUT2D eigenvalue weighted by molar-refractivity contribution is 0.588. The van der Waals surface area contributed by atoms with Crippen LogP contribution in [0.25, 0.3) is 33.4 Å². The summed E-state index contributed by atoms with van der Waals surface area (Å²) in [5.74, 6) is 0.369. The maximum absolute atomic E-state index is 2.57. The van der Waals surface area contributed by atoms with Crippen molar-refractivity contribution in [3.8, 4) is 33.4 Å². The van der Waals surface area contributed by atoms with Crippen LogP contribution in [0, 0.1) is 0 Å². The summed E-state index contributed by atoms with van der Waals surface area (Å²) >= 11 is 0. The molecule has 2 aliphatic rings. The molecule has 0 heteroatoms. The van der Waals surface area contributed by atoms with Gasteiger partial charge in [0, 0.05) is 11.8 Å². The van der Waals surface area contributed by atoms with Crippen LogP contribution in [0.4, 0.5) is 0 Å². The molecule has 0 aromatic heterocycles. The average Bonchev–Trinajstić information content (AvgIpc) is 3.70. The van der Waals surface area contributed by atoms with Gasteiger partial charge in [-0.25, -0.2) is 0 Å². The summed E-state index contributed by atoms with van der Waals surface area (Å²) in [6.45, 7) is 21.1. The van der Waals surface area contributed by atoms with Crippen molar-refractivity contribution in [1.82, 2.24) is 0 Å². The van der Waals surface area contributed by atoms with Crippen LogP contribution in [-0.4, -0.2) is 0 Å². The highest BCUT2D eigenvalue weighted by Crippen LogP contribution is 2.57. The Balaban J connectivity index is 1.57. The van der Waals surface area contributed by atoms with Crippen LogP contribution < -0.4 is 0 Å². The second-order valence-corrected chi connectivity index (χ2v) is 17.4. The molecule has 1 unspecified atom stereocenters. The van der Waals surface area contributed by atoms with Crippen LogP contribution in [0.2, 0.25) is 0 Å². The van der Waals surface area contributed by atoms with E-state index in [2.05, 4.69) is 190 Å². The zero-order chi connectivity index (χ0) is 34.7. The summed E-state index contributed by atoms with van der Waals surface area (Å²) in [6, 6.07) is 41.9. The highest BCUT2D eigenvalue weighted by Gasteiger charge is 2.40. The molecule has 0 N–H and O–H groups in total. The summed E-state index contributed by atoms with van der Waals surface area (Å²) in [4.78, 5) is 0. The van der Waals surface area contributed by atoms with Gasteiger partial charge in [0.15, 0.2) is 0 Å². The molecule has 0 nitrogen and oxygen atoms in total. The van der Waals surface area contributed by atoms with Gasteiger partial charge < -0.3 is 0 Å². The van der Waals surface area contributed by atoms with E-state index in [0.29, 0.717) is 0 Å². The summed E-state index contributed by atoms with van der Waals surface area (Å²) in [5, 5.41) is 0. The standard InChI is InChI=1S/C49H52/c1-47(2,3)36-26-24-35(25-27-36)45(34-22-16-17-23-34)46-41-28-37(32-18-12-10-13-19-32)43(48(4,5)6)30-39(41)40-31-44(49(7,8)9)38(29-42(40)46)33-20-14-11-15-21-33/h10-16,18-31,45-46H,17H2,1-9H3. The average molecular weight is 641 g/mol. The maximum Gasteiger partial charge on any atom is 0.0211 e. The van der Waals surface area contributed by atoms with E-state index in [1.807, 2.05) is 0 Å². The molecule has 7 rings (SSSR count). The number of allylic oxidation sites excluding steroid dienone is 4. The lowest BCUT2D eigenvalue weighted by Crippen LogP contribution is -2.16. The van der Waals surface area contributed by atoms with E-state index in [0.717, 1.165) is 6.42 Å². The zero-order valence-corrected chi connectivity index (χ0v) is 31.0. The third-order valence-electron chi connectivity index (χ3n) is 10.8. The predicted octanol–water partition coefficient (Wildman–Crippen LogP) is 13.7. The van der Waals surface area contributed by atoms with E-state index in [4.69, 9.17) is 0 Å². The molecule has 2 aliphatic carbocycles. The van der Waals surface area contributed by atoms with Gasteiger partial charge in [-0.05, 0) is 119 Å². The Bertz CT molecular complexity index is 1940. The molecule has 0 fully saturated rings. The Kier molecular flexibility index (Phi) is 8.22. The maximum atomic E-state index is 2.57. The lowest BCUT2D eigenvalue weighted by Gasteiger charge is -2.30. The van der Waals surface area contributed by atoms with Gasteiger partial charge in [0.25, 0.3) is 0 Å². The molecule has 0 amide bonds. The van der Waals surface area contributed by atoms with E-state index in [1.165, 1.54) is 72.3 Å². The summed E-state index contributed by atoms with van der Waals surface area (Å²) in [5.41, 5.74) is 18.0. The molecule has 0 spiro atoms. The molecule has 0 radical (unpaired) electrons. The Labute approximate surface area is 295 Å². The molecule has 0 bridgehead atoms. The zero-order valence-electron chi connectivity index (χ0n) is 31.0. The first-order valence-electron chi connectivity index (χ1n) is 18.2. The Morgan fingerprint density at radius 3 is 1.37 bits per heavy atom. The number of hydrogen-bond acceptors (Lipinski definition) is 0. The SMILES string of the molecule is CC(C)(C)c1ccc(C(C2=CCC=C2)C2c3cc(-c4ccccc4)c(C(C)(C)C)cc3-c3cc(C(C)(C)C)c(-c4ccccc4)cc32)cc1. The Morgan fingerprint density at radius 1 is 0.510 bits per heavy atom. The van der Waals surface area contributed by atoms with Crippen LogP contribution in [-0.2, 0) is 16.2 Å². The quantitative estimate of drug-likeness (QED) is 0.179. The molecule has 248 valence electrons. The van der Waals surface area contributed by atoms with Gasteiger partial charge >= 0.3 is 0 Å². The minimum Gasteiger partial charge on any atom is -0.0804 e. The highest BCUT2D eigenvalue weighted by atomic mass is 14.4. The van der Waals surface area contributed by atoms with Gasteiger partial charge in [0.05, 0.1) is 0 Å². The molecular weight excluding hydrogens is 589 g/mol. The van der Waals surface area contributed by atoms with Crippen LogP contribution in [0.15, 0.2) is 133 Å². The van der Waals surface area contributed by atoms with Crippen molar-refractivity contribution in [2.45, 2.75) is 96.8 Å². The summed E-state index contributed by atoms with van der Waals surface area (Å²) in [7, 11) is 0. The van der Waals surface area contributed by atoms with Gasteiger partial charge in [-0.2, -0.15) is 0 Å². The first-order valence-corrected chi connectivity index (χ1v) is 18.2. The Hall–Kier alpha value is -4.42. The smallest absolute Gasteiger partial charge is 0.0211 e. The fourth-order valence-corrected chi connectivity index (χ4v) is 8.17. The molecule has 1 atom stereocenters. The van der Waals surface area contributed by atoms with Gasteiger partial charge in [-0.3, -0.25) is 0 Å². The van der Waals surface area contributed by atoms with Crippen molar-refractivity contribution in [2.24, 2.45) is 0 Å². The van der Waals surface area contributed by atoms with Crippen LogP contribution in [0.5, 0.6) is 0 Å². The normalized spacial score (nSPS) is 15.2. The molecule has 0 heterocycles. The monoisotopic (exact) mass is 640 g/mol. The fraction of sp³-hybridized carbons (Fsp3) is 0.306. The third-order valence-corrected chi connectivity index (χ3v) is 10.8. The molecular formula is C49H52. The van der Waals surface area contributed by atoms with Crippen LogP contribution >= 0.6 is 0 Å². The van der Waals surface area contributed by atoms with Gasteiger partial charge in [0.1, 0.15) is 0 Å². The fourth-order valence-electron chi connectivity index (χ4n) is 8.17. The topological polar surface area (TPSA) is 0 Å². The van der Waals surface area contributed by atoms with E-state index in [1.54, 1.807) is 0 Å². The Morgan fingerprint density at radius 2 is 0.980 bits per heavy atom. The summed E-state index contributed by atoms with van der Waals surface area (Å²) < 4.78 is 0. The van der Waals surface area contributed by atoms with E-state index in [-0.39, 0.29) is 28.1 Å². The molecule has 0 saturated heterocycles. The molecule has 0 saturated carbocycles. The van der Waals surface area contributed by atoms with Crippen molar-refractivity contribution in [3.05, 3.63) is 166 Å². The number of benzene rings is 5. The van der Waals surface area contributed by atoms with Crippen molar-refractivity contribution < 1.29 is 0 Å². The van der Waals surface area contributed by atoms with Gasteiger partial charge in [-0.1, -0.05) is 165 Å². The largest absolute Gasteiger partial charge is 0.0804 e. The predicted molar refractivity (Wildman–Crippen MR) is 212 cm³/mol. The molecule has 0 aliphatic heterocycles. The van der Waals surface area contributed by atoms with E-state index < -0.39 is 0 Å². The van der Waals surface area contributed by atoms with Crippen LogP contribution in [0.3, 0.4) is 0 Å². The van der Waals surface area contributed by atoms with Crippen molar-refractivity contribution in [1.29, 1.82) is 0 Å². The van der Waals surface area contributed by atoms with Gasteiger partial charge in [-0.15, -0.1) is 0 Å².